The van der Waals surface area contributed by atoms with Crippen LogP contribution in [-0.4, -0.2) is 46.3 Å². The Balaban J connectivity index is 1.80. The maximum absolute atomic E-state index is 11.9. The van der Waals surface area contributed by atoms with Crippen LogP contribution < -0.4 is 4.90 Å². The molecule has 0 aromatic carbocycles. The van der Waals surface area contributed by atoms with Gasteiger partial charge in [-0.3, -0.25) is 4.79 Å². The fraction of sp³-hybridized carbons (Fsp3) is 0.727. The number of hydrogen-bond acceptors (Lipinski definition) is 5. The van der Waals surface area contributed by atoms with Crippen LogP contribution in [0, 0.1) is 0 Å². The van der Waals surface area contributed by atoms with E-state index in [0.29, 0.717) is 5.92 Å². The van der Waals surface area contributed by atoms with E-state index in [0.717, 1.165) is 24.0 Å². The third kappa shape index (κ3) is 1.90. The van der Waals surface area contributed by atoms with Gasteiger partial charge in [-0.2, -0.15) is 4.37 Å². The number of rotatable bonds is 2. The topological polar surface area (TPSA) is 49.3 Å². The summed E-state index contributed by atoms with van der Waals surface area (Å²) in [6.07, 6.45) is 2.43. The van der Waals surface area contributed by atoms with Crippen LogP contribution in [0.3, 0.4) is 0 Å². The van der Waals surface area contributed by atoms with Crippen LogP contribution in [0.4, 0.5) is 5.13 Å². The minimum atomic E-state index is -0.117. The molecule has 1 aromatic rings. The Morgan fingerprint density at radius 1 is 1.35 bits per heavy atom. The molecule has 2 heterocycles. The van der Waals surface area contributed by atoms with Crippen LogP contribution in [0.2, 0.25) is 0 Å². The van der Waals surface area contributed by atoms with Crippen LogP contribution in [0.1, 0.15) is 31.5 Å². The summed E-state index contributed by atoms with van der Waals surface area (Å²) >= 11 is 1.43. The summed E-state index contributed by atoms with van der Waals surface area (Å²) in [7, 11) is 1.85. The molecule has 6 heteroatoms. The number of piperazine rings is 1. The minimum Gasteiger partial charge on any atom is -0.342 e. The molecule has 1 aromatic heterocycles. The van der Waals surface area contributed by atoms with Gasteiger partial charge in [-0.25, -0.2) is 4.98 Å². The number of likely N-dealkylation sites (N-methyl/N-ethyl adjacent to an activating group) is 1. The lowest BCUT2D eigenvalue weighted by atomic mass is 10.2. The molecule has 1 unspecified atom stereocenters. The van der Waals surface area contributed by atoms with Gasteiger partial charge in [0, 0.05) is 37.6 Å². The maximum atomic E-state index is 11.9. The summed E-state index contributed by atoms with van der Waals surface area (Å²) < 4.78 is 4.40. The largest absolute Gasteiger partial charge is 0.342 e. The molecule has 1 amide bonds. The molecule has 17 heavy (non-hydrogen) atoms. The number of aromatic nitrogens is 2. The molecule has 2 aliphatic rings. The first kappa shape index (κ1) is 11.0. The van der Waals surface area contributed by atoms with E-state index in [1.54, 1.807) is 4.90 Å². The molecule has 0 N–H and O–H groups in total. The minimum absolute atomic E-state index is 0.117. The number of nitrogens with zero attached hydrogens (tertiary/aromatic N) is 4. The monoisotopic (exact) mass is 252 g/mol. The average molecular weight is 252 g/mol. The average Bonchev–Trinajstić information content (AvgIpc) is 3.06. The Hall–Kier alpha value is -1.17. The van der Waals surface area contributed by atoms with Gasteiger partial charge < -0.3 is 9.80 Å². The highest BCUT2D eigenvalue weighted by atomic mass is 32.1. The predicted molar refractivity (Wildman–Crippen MR) is 66.3 cm³/mol. The number of carbonyl (C=O) groups excluding carboxylic acids is 1. The molecule has 1 atom stereocenters. The first-order valence-electron chi connectivity index (χ1n) is 6.02. The normalized spacial score (nSPS) is 25.5. The van der Waals surface area contributed by atoms with Gasteiger partial charge in [0.2, 0.25) is 11.0 Å². The second kappa shape index (κ2) is 3.94. The molecule has 1 saturated heterocycles. The molecule has 0 radical (unpaired) electrons. The fourth-order valence-corrected chi connectivity index (χ4v) is 2.98. The number of hydrogen-bond donors (Lipinski definition) is 0. The Morgan fingerprint density at radius 2 is 2.12 bits per heavy atom. The maximum Gasteiger partial charge on any atom is 0.244 e. The van der Waals surface area contributed by atoms with E-state index in [1.165, 1.54) is 24.4 Å². The molecule has 2 fully saturated rings. The van der Waals surface area contributed by atoms with E-state index in [-0.39, 0.29) is 11.9 Å². The highest BCUT2D eigenvalue weighted by Crippen LogP contribution is 2.40. The summed E-state index contributed by atoms with van der Waals surface area (Å²) in [6, 6.07) is -0.117. The Kier molecular flexibility index (Phi) is 2.54. The molecule has 92 valence electrons. The van der Waals surface area contributed by atoms with Crippen molar-refractivity contribution in [3.63, 3.8) is 0 Å². The van der Waals surface area contributed by atoms with Gasteiger partial charge in [0.05, 0.1) is 0 Å². The summed E-state index contributed by atoms with van der Waals surface area (Å²) in [4.78, 5) is 20.3. The number of anilines is 1. The van der Waals surface area contributed by atoms with Gasteiger partial charge in [0.15, 0.2) is 0 Å². The number of carbonyl (C=O) groups is 1. The third-order valence-corrected chi connectivity index (χ3v) is 4.26. The number of amides is 1. The summed E-state index contributed by atoms with van der Waals surface area (Å²) in [5, 5.41) is 0.904. The zero-order valence-electron chi connectivity index (χ0n) is 10.1. The Labute approximate surface area is 105 Å². The van der Waals surface area contributed by atoms with Crippen molar-refractivity contribution < 1.29 is 4.79 Å². The van der Waals surface area contributed by atoms with Gasteiger partial charge in [0.25, 0.3) is 0 Å². The van der Waals surface area contributed by atoms with Gasteiger partial charge in [-0.1, -0.05) is 0 Å². The lowest BCUT2D eigenvalue weighted by Crippen LogP contribution is -2.54. The first-order valence-corrected chi connectivity index (χ1v) is 6.79. The SMILES string of the molecule is CC1C(=O)N(C)CCN1c1nc(C2CC2)ns1. The fourth-order valence-electron chi connectivity index (χ4n) is 2.13. The van der Waals surface area contributed by atoms with Crippen molar-refractivity contribution in [2.75, 3.05) is 25.0 Å². The van der Waals surface area contributed by atoms with Crippen molar-refractivity contribution in [3.05, 3.63) is 5.82 Å². The van der Waals surface area contributed by atoms with E-state index in [1.807, 2.05) is 14.0 Å². The van der Waals surface area contributed by atoms with Crippen LogP contribution in [0.5, 0.6) is 0 Å². The molecule has 1 aliphatic heterocycles. The van der Waals surface area contributed by atoms with Crippen molar-refractivity contribution in [1.82, 2.24) is 14.3 Å². The van der Waals surface area contributed by atoms with E-state index in [9.17, 15) is 4.79 Å². The summed E-state index contributed by atoms with van der Waals surface area (Å²) in [5.41, 5.74) is 0. The zero-order valence-corrected chi connectivity index (χ0v) is 10.9. The zero-order chi connectivity index (χ0) is 12.0. The second-order valence-electron chi connectivity index (χ2n) is 4.84. The highest BCUT2D eigenvalue weighted by molar-refractivity contribution is 7.09. The van der Waals surface area contributed by atoms with E-state index in [4.69, 9.17) is 0 Å². The predicted octanol–water partition coefficient (Wildman–Crippen LogP) is 1.08. The summed E-state index contributed by atoms with van der Waals surface area (Å²) in [6.45, 7) is 3.56. The Morgan fingerprint density at radius 3 is 2.82 bits per heavy atom. The summed E-state index contributed by atoms with van der Waals surface area (Å²) in [5.74, 6) is 1.72. The molecule has 0 bridgehead atoms. The van der Waals surface area contributed by atoms with E-state index in [2.05, 4.69) is 14.3 Å². The van der Waals surface area contributed by atoms with Crippen molar-refractivity contribution in [1.29, 1.82) is 0 Å². The van der Waals surface area contributed by atoms with Crippen LogP contribution >= 0.6 is 11.5 Å². The molecule has 1 saturated carbocycles. The van der Waals surface area contributed by atoms with Crippen molar-refractivity contribution >= 4 is 22.6 Å². The molecule has 5 nitrogen and oxygen atoms in total. The standard InChI is InChI=1S/C11H16N4OS/c1-7-10(16)14(2)5-6-15(7)11-12-9(13-17-11)8-3-4-8/h7-8H,3-6H2,1-2H3. The van der Waals surface area contributed by atoms with Gasteiger partial charge in [0.1, 0.15) is 11.9 Å². The van der Waals surface area contributed by atoms with Crippen molar-refractivity contribution in [3.8, 4) is 0 Å². The first-order chi connectivity index (χ1) is 8.16. The second-order valence-corrected chi connectivity index (χ2v) is 5.57. The van der Waals surface area contributed by atoms with Crippen LogP contribution in [0.15, 0.2) is 0 Å². The lowest BCUT2D eigenvalue weighted by molar-refractivity contribution is -0.132. The van der Waals surface area contributed by atoms with Crippen molar-refractivity contribution in [2.24, 2.45) is 0 Å². The highest BCUT2D eigenvalue weighted by Gasteiger charge is 2.33. The van der Waals surface area contributed by atoms with Gasteiger partial charge in [-0.05, 0) is 19.8 Å². The smallest absolute Gasteiger partial charge is 0.244 e. The van der Waals surface area contributed by atoms with Crippen molar-refractivity contribution in [2.45, 2.75) is 31.7 Å². The molecular weight excluding hydrogens is 236 g/mol. The Bertz CT molecular complexity index is 442. The van der Waals surface area contributed by atoms with Crippen LogP contribution in [0.25, 0.3) is 0 Å². The van der Waals surface area contributed by atoms with Crippen LogP contribution in [-0.2, 0) is 4.79 Å². The van der Waals surface area contributed by atoms with Gasteiger partial charge >= 0.3 is 0 Å². The molecule has 1 aliphatic carbocycles. The molecule has 3 rings (SSSR count). The van der Waals surface area contributed by atoms with Gasteiger partial charge in [-0.15, -0.1) is 0 Å². The quantitative estimate of drug-likeness (QED) is 0.790. The third-order valence-electron chi connectivity index (χ3n) is 3.50. The van der Waals surface area contributed by atoms with E-state index < -0.39 is 0 Å². The van der Waals surface area contributed by atoms with E-state index >= 15 is 0 Å². The molecule has 0 spiro atoms. The lowest BCUT2D eigenvalue weighted by Gasteiger charge is -2.36. The molecular formula is C11H16N4OS.